The lowest BCUT2D eigenvalue weighted by molar-refractivity contribution is 1.29. The Bertz CT molecular complexity index is 693. The van der Waals surface area contributed by atoms with Crippen LogP contribution in [0.3, 0.4) is 0 Å². The number of hydrogen-bond acceptors (Lipinski definition) is 1. The highest BCUT2D eigenvalue weighted by molar-refractivity contribution is 5.79. The summed E-state index contributed by atoms with van der Waals surface area (Å²) in [5.41, 5.74) is 4.51. The first-order valence-corrected chi connectivity index (χ1v) is 6.01. The van der Waals surface area contributed by atoms with E-state index in [0.717, 1.165) is 16.9 Å². The molecule has 0 saturated heterocycles. The molecule has 0 aliphatic carbocycles. The van der Waals surface area contributed by atoms with Gasteiger partial charge in [-0.3, -0.25) is 0 Å². The summed E-state index contributed by atoms with van der Waals surface area (Å²) >= 11 is 0. The van der Waals surface area contributed by atoms with Gasteiger partial charge in [-0.1, -0.05) is 42.5 Å². The molecule has 0 amide bonds. The summed E-state index contributed by atoms with van der Waals surface area (Å²) in [6.07, 6.45) is 4.06. The van der Waals surface area contributed by atoms with Crippen molar-refractivity contribution in [1.29, 1.82) is 0 Å². The lowest BCUT2D eigenvalue weighted by atomic mass is 10.2. The van der Waals surface area contributed by atoms with Gasteiger partial charge in [-0.15, -0.1) is 0 Å². The Morgan fingerprint density at radius 3 is 2.67 bits per heavy atom. The van der Waals surface area contributed by atoms with Crippen molar-refractivity contribution in [1.82, 2.24) is 9.97 Å². The molecule has 0 radical (unpaired) electrons. The largest absolute Gasteiger partial charge is 0.338 e. The quantitative estimate of drug-likeness (QED) is 0.712. The summed E-state index contributed by atoms with van der Waals surface area (Å²) < 4.78 is 0. The van der Waals surface area contributed by atoms with Gasteiger partial charge < -0.3 is 4.98 Å². The number of nitrogens with zero attached hydrogens (tertiary/aromatic N) is 1. The third-order valence-electron chi connectivity index (χ3n) is 2.89. The Hall–Kier alpha value is -2.35. The number of aromatic nitrogens is 2. The van der Waals surface area contributed by atoms with Crippen molar-refractivity contribution in [3.05, 3.63) is 65.5 Å². The first-order valence-electron chi connectivity index (χ1n) is 6.01. The molecule has 0 aliphatic heterocycles. The van der Waals surface area contributed by atoms with E-state index in [1.54, 1.807) is 0 Å². The van der Waals surface area contributed by atoms with Crippen LogP contribution < -0.4 is 0 Å². The number of benzene rings is 2. The predicted molar refractivity (Wildman–Crippen MR) is 76.2 cm³/mol. The lowest BCUT2D eigenvalue weighted by Gasteiger charge is -1.90. The molecule has 2 nitrogen and oxygen atoms in total. The molecule has 3 aromatic rings. The number of aromatic amines is 1. The molecule has 2 heteroatoms. The van der Waals surface area contributed by atoms with Crippen LogP contribution in [0.4, 0.5) is 0 Å². The van der Waals surface area contributed by atoms with Crippen LogP contribution in [0, 0.1) is 6.92 Å². The molecule has 0 unspecified atom stereocenters. The third kappa shape index (κ3) is 2.18. The fraction of sp³-hybridized carbons (Fsp3) is 0.0625. The molecule has 3 rings (SSSR count). The number of fused-ring (bicyclic) bond motifs is 1. The van der Waals surface area contributed by atoms with Gasteiger partial charge in [-0.05, 0) is 36.3 Å². The molecule has 0 aliphatic rings. The molecule has 0 saturated carbocycles. The van der Waals surface area contributed by atoms with Crippen molar-refractivity contribution >= 4 is 23.2 Å². The molecule has 1 aromatic heterocycles. The minimum atomic E-state index is 0.888. The Morgan fingerprint density at radius 1 is 1.00 bits per heavy atom. The van der Waals surface area contributed by atoms with E-state index in [2.05, 4.69) is 47.2 Å². The highest BCUT2D eigenvalue weighted by atomic mass is 14.9. The van der Waals surface area contributed by atoms with Crippen LogP contribution in [0.25, 0.3) is 23.2 Å². The van der Waals surface area contributed by atoms with Crippen LogP contribution in [-0.2, 0) is 0 Å². The molecule has 0 atom stereocenters. The van der Waals surface area contributed by atoms with Crippen LogP contribution in [0.5, 0.6) is 0 Å². The molecular formula is C16H14N2. The average molecular weight is 234 g/mol. The molecule has 0 spiro atoms. The second-order valence-corrected chi connectivity index (χ2v) is 4.39. The Balaban J connectivity index is 1.93. The van der Waals surface area contributed by atoms with Gasteiger partial charge in [0.15, 0.2) is 0 Å². The maximum Gasteiger partial charge on any atom is 0.131 e. The predicted octanol–water partition coefficient (Wildman–Crippen LogP) is 4.04. The Labute approximate surface area is 106 Å². The van der Waals surface area contributed by atoms with Gasteiger partial charge in [0.1, 0.15) is 5.82 Å². The minimum Gasteiger partial charge on any atom is -0.338 e. The number of imidazole rings is 1. The average Bonchev–Trinajstić information content (AvgIpc) is 2.79. The van der Waals surface area contributed by atoms with Crippen molar-refractivity contribution in [3.63, 3.8) is 0 Å². The third-order valence-corrected chi connectivity index (χ3v) is 2.89. The number of hydrogen-bond donors (Lipinski definition) is 1. The number of aryl methyl sites for hydroxylation is 1. The van der Waals surface area contributed by atoms with Crippen molar-refractivity contribution in [3.8, 4) is 0 Å². The first-order chi connectivity index (χ1) is 8.81. The molecule has 0 fully saturated rings. The minimum absolute atomic E-state index is 0.888. The fourth-order valence-electron chi connectivity index (χ4n) is 1.96. The van der Waals surface area contributed by atoms with E-state index in [4.69, 9.17) is 0 Å². The molecule has 18 heavy (non-hydrogen) atoms. The van der Waals surface area contributed by atoms with Gasteiger partial charge in [0.25, 0.3) is 0 Å². The highest BCUT2D eigenvalue weighted by Crippen LogP contribution is 2.14. The van der Waals surface area contributed by atoms with Crippen molar-refractivity contribution in [2.45, 2.75) is 6.92 Å². The van der Waals surface area contributed by atoms with Crippen molar-refractivity contribution < 1.29 is 0 Å². The van der Waals surface area contributed by atoms with Gasteiger partial charge in [0.05, 0.1) is 11.0 Å². The number of rotatable bonds is 2. The van der Waals surface area contributed by atoms with Gasteiger partial charge in [0, 0.05) is 0 Å². The molecule has 0 bridgehead atoms. The summed E-state index contributed by atoms with van der Waals surface area (Å²) in [5.74, 6) is 0.888. The summed E-state index contributed by atoms with van der Waals surface area (Å²) in [6.45, 7) is 2.08. The van der Waals surface area contributed by atoms with Crippen molar-refractivity contribution in [2.24, 2.45) is 0 Å². The van der Waals surface area contributed by atoms with Crippen molar-refractivity contribution in [2.75, 3.05) is 0 Å². The SMILES string of the molecule is Cc1ccc2nc(/C=C/c3ccccc3)[nH]c2c1. The van der Waals surface area contributed by atoms with E-state index in [1.807, 2.05) is 30.3 Å². The summed E-state index contributed by atoms with van der Waals surface area (Å²) in [7, 11) is 0. The fourth-order valence-corrected chi connectivity index (χ4v) is 1.96. The van der Waals surface area contributed by atoms with E-state index < -0.39 is 0 Å². The topological polar surface area (TPSA) is 28.7 Å². The normalized spacial score (nSPS) is 11.4. The summed E-state index contributed by atoms with van der Waals surface area (Å²) in [4.78, 5) is 7.84. The lowest BCUT2D eigenvalue weighted by Crippen LogP contribution is -1.74. The molecular weight excluding hydrogens is 220 g/mol. The maximum absolute atomic E-state index is 4.53. The first kappa shape index (κ1) is 10.8. The summed E-state index contributed by atoms with van der Waals surface area (Å²) in [5, 5.41) is 0. The van der Waals surface area contributed by atoms with Gasteiger partial charge in [-0.25, -0.2) is 4.98 Å². The van der Waals surface area contributed by atoms with Gasteiger partial charge in [0.2, 0.25) is 0 Å². The monoisotopic (exact) mass is 234 g/mol. The molecule has 1 N–H and O–H groups in total. The number of nitrogens with one attached hydrogen (secondary N) is 1. The van der Waals surface area contributed by atoms with E-state index in [1.165, 1.54) is 11.1 Å². The van der Waals surface area contributed by atoms with Crippen LogP contribution in [0.15, 0.2) is 48.5 Å². The van der Waals surface area contributed by atoms with E-state index >= 15 is 0 Å². The Morgan fingerprint density at radius 2 is 1.83 bits per heavy atom. The van der Waals surface area contributed by atoms with E-state index in [9.17, 15) is 0 Å². The van der Waals surface area contributed by atoms with Crippen LogP contribution in [0.1, 0.15) is 17.0 Å². The summed E-state index contributed by atoms with van der Waals surface area (Å²) in [6, 6.07) is 16.5. The van der Waals surface area contributed by atoms with Crippen LogP contribution >= 0.6 is 0 Å². The highest BCUT2D eigenvalue weighted by Gasteiger charge is 1.99. The van der Waals surface area contributed by atoms with E-state index in [-0.39, 0.29) is 0 Å². The van der Waals surface area contributed by atoms with Crippen LogP contribution in [-0.4, -0.2) is 9.97 Å². The molecule has 2 aromatic carbocycles. The maximum atomic E-state index is 4.53. The smallest absolute Gasteiger partial charge is 0.131 e. The van der Waals surface area contributed by atoms with Gasteiger partial charge in [-0.2, -0.15) is 0 Å². The van der Waals surface area contributed by atoms with E-state index in [0.29, 0.717) is 0 Å². The second kappa shape index (κ2) is 4.49. The Kier molecular flexibility index (Phi) is 2.69. The zero-order valence-electron chi connectivity index (χ0n) is 10.2. The number of H-pyrrole nitrogens is 1. The van der Waals surface area contributed by atoms with Crippen LogP contribution in [0.2, 0.25) is 0 Å². The zero-order valence-corrected chi connectivity index (χ0v) is 10.2. The standard InChI is InChI=1S/C16H14N2/c1-12-7-9-14-15(11-12)18-16(17-14)10-8-13-5-3-2-4-6-13/h2-11H,1H3,(H,17,18)/b10-8+. The second-order valence-electron chi connectivity index (χ2n) is 4.39. The molecule has 1 heterocycles. The molecule has 88 valence electrons. The van der Waals surface area contributed by atoms with Gasteiger partial charge >= 0.3 is 0 Å². The zero-order chi connectivity index (χ0) is 12.4.